The molecule has 0 aromatic rings. The van der Waals surface area contributed by atoms with Crippen molar-refractivity contribution in [3.8, 4) is 0 Å². The molecule has 1 aliphatic carbocycles. The lowest BCUT2D eigenvalue weighted by Crippen LogP contribution is -2.49. The number of hydrogen-bond acceptors (Lipinski definition) is 3. The molecule has 0 atom stereocenters. The smallest absolute Gasteiger partial charge is 0.0558 e. The number of rotatable bonds is 10. The van der Waals surface area contributed by atoms with Crippen molar-refractivity contribution in [3.05, 3.63) is 0 Å². The minimum Gasteiger partial charge on any atom is -0.395 e. The minimum atomic E-state index is 0.289. The van der Waals surface area contributed by atoms with Crippen LogP contribution in [0.4, 0.5) is 0 Å². The van der Waals surface area contributed by atoms with Crippen molar-refractivity contribution >= 4 is 0 Å². The van der Waals surface area contributed by atoms with Crippen molar-refractivity contribution in [2.45, 2.75) is 84.7 Å². The van der Waals surface area contributed by atoms with Gasteiger partial charge in [-0.05, 0) is 31.1 Å². The summed E-state index contributed by atoms with van der Waals surface area (Å²) in [6.07, 6.45) is 9.17. The van der Waals surface area contributed by atoms with Crippen molar-refractivity contribution in [2.24, 2.45) is 5.41 Å². The molecular weight excluding hydrogens is 260 g/mol. The van der Waals surface area contributed by atoms with Gasteiger partial charge in [0.1, 0.15) is 0 Å². The lowest BCUT2D eigenvalue weighted by Gasteiger charge is -2.42. The SMILES string of the molecule is CCC(CC)(CNC(C)C)CN(CCO)C1CCCCC1. The minimum absolute atomic E-state index is 0.289. The molecule has 21 heavy (non-hydrogen) atoms. The molecule has 1 aliphatic rings. The predicted molar refractivity (Wildman–Crippen MR) is 91.7 cm³/mol. The first-order valence-electron chi connectivity index (χ1n) is 9.15. The molecule has 0 bridgehead atoms. The Morgan fingerprint density at radius 1 is 1.14 bits per heavy atom. The van der Waals surface area contributed by atoms with E-state index in [0.717, 1.165) is 19.6 Å². The summed E-state index contributed by atoms with van der Waals surface area (Å²) in [7, 11) is 0. The summed E-state index contributed by atoms with van der Waals surface area (Å²) >= 11 is 0. The van der Waals surface area contributed by atoms with Crippen LogP contribution in [0.15, 0.2) is 0 Å². The molecule has 0 spiro atoms. The van der Waals surface area contributed by atoms with Crippen molar-refractivity contribution < 1.29 is 5.11 Å². The highest BCUT2D eigenvalue weighted by Crippen LogP contribution is 2.31. The van der Waals surface area contributed by atoms with E-state index in [9.17, 15) is 5.11 Å². The molecule has 126 valence electrons. The van der Waals surface area contributed by atoms with E-state index in [2.05, 4.69) is 37.9 Å². The molecule has 0 radical (unpaired) electrons. The van der Waals surface area contributed by atoms with Gasteiger partial charge in [-0.3, -0.25) is 4.90 Å². The molecule has 0 aliphatic heterocycles. The largest absolute Gasteiger partial charge is 0.395 e. The quantitative estimate of drug-likeness (QED) is 0.649. The third-order valence-corrected chi connectivity index (χ3v) is 5.40. The van der Waals surface area contributed by atoms with E-state index >= 15 is 0 Å². The van der Waals surface area contributed by atoms with Crippen molar-refractivity contribution in [1.29, 1.82) is 0 Å². The van der Waals surface area contributed by atoms with E-state index in [-0.39, 0.29) is 6.61 Å². The normalized spacial score (nSPS) is 17.9. The number of nitrogens with zero attached hydrogens (tertiary/aromatic N) is 1. The summed E-state index contributed by atoms with van der Waals surface area (Å²) in [6.45, 7) is 12.4. The third kappa shape index (κ3) is 6.25. The molecule has 0 unspecified atom stereocenters. The van der Waals surface area contributed by atoms with Crippen LogP contribution in [0.25, 0.3) is 0 Å². The molecule has 1 saturated carbocycles. The average molecular weight is 299 g/mol. The van der Waals surface area contributed by atoms with E-state index in [0.29, 0.717) is 17.5 Å². The first kappa shape index (κ1) is 18.9. The summed E-state index contributed by atoms with van der Waals surface area (Å²) < 4.78 is 0. The van der Waals surface area contributed by atoms with Crippen LogP contribution in [0.3, 0.4) is 0 Å². The number of nitrogens with one attached hydrogen (secondary N) is 1. The van der Waals surface area contributed by atoms with Crippen molar-refractivity contribution in [1.82, 2.24) is 10.2 Å². The van der Waals surface area contributed by atoms with Gasteiger partial charge in [0, 0.05) is 31.7 Å². The van der Waals surface area contributed by atoms with Crippen molar-refractivity contribution in [3.63, 3.8) is 0 Å². The van der Waals surface area contributed by atoms with E-state index < -0.39 is 0 Å². The molecule has 3 heteroatoms. The van der Waals surface area contributed by atoms with Gasteiger partial charge in [0.25, 0.3) is 0 Å². The lowest BCUT2D eigenvalue weighted by molar-refractivity contribution is 0.0631. The average Bonchev–Trinajstić information content (AvgIpc) is 2.51. The van der Waals surface area contributed by atoms with Gasteiger partial charge in [-0.25, -0.2) is 0 Å². The number of hydrogen-bond donors (Lipinski definition) is 2. The standard InChI is InChI=1S/C18H38N2O/c1-5-18(6-2,14-19-16(3)4)15-20(12-13-21)17-10-8-7-9-11-17/h16-17,19,21H,5-15H2,1-4H3. The van der Waals surface area contributed by atoms with Crippen LogP contribution in [-0.2, 0) is 0 Å². The summed E-state index contributed by atoms with van der Waals surface area (Å²) in [5.41, 5.74) is 0.344. The van der Waals surface area contributed by atoms with Crippen LogP contribution in [0.5, 0.6) is 0 Å². The van der Waals surface area contributed by atoms with Crippen LogP contribution in [0.1, 0.15) is 72.6 Å². The Morgan fingerprint density at radius 3 is 2.24 bits per heavy atom. The van der Waals surface area contributed by atoms with Crippen molar-refractivity contribution in [2.75, 3.05) is 26.2 Å². The zero-order valence-corrected chi connectivity index (χ0v) is 14.8. The molecule has 1 rings (SSSR count). The number of aliphatic hydroxyl groups is 1. The zero-order chi connectivity index (χ0) is 15.7. The first-order valence-corrected chi connectivity index (χ1v) is 9.15. The molecule has 0 amide bonds. The van der Waals surface area contributed by atoms with Gasteiger partial charge in [0.05, 0.1) is 6.61 Å². The van der Waals surface area contributed by atoms with Gasteiger partial charge in [-0.15, -0.1) is 0 Å². The monoisotopic (exact) mass is 298 g/mol. The molecule has 0 heterocycles. The second-order valence-electron chi connectivity index (χ2n) is 7.23. The van der Waals surface area contributed by atoms with Crippen LogP contribution >= 0.6 is 0 Å². The van der Waals surface area contributed by atoms with Gasteiger partial charge in [0.2, 0.25) is 0 Å². The van der Waals surface area contributed by atoms with Crippen LogP contribution in [0.2, 0.25) is 0 Å². The molecule has 0 aromatic heterocycles. The zero-order valence-electron chi connectivity index (χ0n) is 14.8. The summed E-state index contributed by atoms with van der Waals surface area (Å²) in [6, 6.07) is 1.24. The molecule has 1 fully saturated rings. The second-order valence-corrected chi connectivity index (χ2v) is 7.23. The maximum atomic E-state index is 9.47. The highest BCUT2D eigenvalue weighted by molar-refractivity contribution is 4.87. The molecule has 0 saturated heterocycles. The van der Waals surface area contributed by atoms with Gasteiger partial charge < -0.3 is 10.4 Å². The van der Waals surface area contributed by atoms with E-state index in [1.165, 1.54) is 44.9 Å². The fraction of sp³-hybridized carbons (Fsp3) is 1.00. The lowest BCUT2D eigenvalue weighted by atomic mass is 9.80. The topological polar surface area (TPSA) is 35.5 Å². The van der Waals surface area contributed by atoms with E-state index in [4.69, 9.17) is 0 Å². The summed E-state index contributed by atoms with van der Waals surface area (Å²) in [5.74, 6) is 0. The summed E-state index contributed by atoms with van der Waals surface area (Å²) in [4.78, 5) is 2.59. The van der Waals surface area contributed by atoms with E-state index in [1.807, 2.05) is 0 Å². The number of aliphatic hydroxyl groups excluding tert-OH is 1. The second kappa shape index (κ2) is 9.81. The van der Waals surface area contributed by atoms with Crippen LogP contribution < -0.4 is 5.32 Å². The Bertz CT molecular complexity index is 258. The van der Waals surface area contributed by atoms with Crippen LogP contribution in [0, 0.1) is 5.41 Å². The van der Waals surface area contributed by atoms with Gasteiger partial charge in [-0.1, -0.05) is 47.0 Å². The Kier molecular flexibility index (Phi) is 8.84. The van der Waals surface area contributed by atoms with Gasteiger partial charge >= 0.3 is 0 Å². The maximum absolute atomic E-state index is 9.47. The van der Waals surface area contributed by atoms with Crippen LogP contribution in [-0.4, -0.2) is 48.3 Å². The first-order chi connectivity index (χ1) is 10.1. The fourth-order valence-corrected chi connectivity index (χ4v) is 3.60. The van der Waals surface area contributed by atoms with E-state index in [1.54, 1.807) is 0 Å². The Hall–Kier alpha value is -0.120. The third-order valence-electron chi connectivity index (χ3n) is 5.40. The van der Waals surface area contributed by atoms with Gasteiger partial charge in [0.15, 0.2) is 0 Å². The predicted octanol–water partition coefficient (Wildman–Crippen LogP) is 3.42. The highest BCUT2D eigenvalue weighted by Gasteiger charge is 2.32. The summed E-state index contributed by atoms with van der Waals surface area (Å²) in [5, 5.41) is 13.1. The maximum Gasteiger partial charge on any atom is 0.0558 e. The molecule has 0 aromatic carbocycles. The Balaban J connectivity index is 2.70. The molecule has 3 nitrogen and oxygen atoms in total. The Morgan fingerprint density at radius 2 is 1.76 bits per heavy atom. The highest BCUT2D eigenvalue weighted by atomic mass is 16.3. The van der Waals surface area contributed by atoms with Gasteiger partial charge in [-0.2, -0.15) is 0 Å². The molecular formula is C18H38N2O. The fourth-order valence-electron chi connectivity index (χ4n) is 3.60. The Labute approximate surface area is 132 Å². The molecule has 2 N–H and O–H groups in total.